The van der Waals surface area contributed by atoms with Crippen LogP contribution in [0.1, 0.15) is 138 Å². The number of rotatable bonds is 16. The maximum Gasteiger partial charge on any atom is 0.430 e. The molecule has 0 bridgehead atoms. The van der Waals surface area contributed by atoms with E-state index < -0.39 is 12.1 Å². The number of carboxylic acids is 1. The Hall–Kier alpha value is -2.11. The van der Waals surface area contributed by atoms with E-state index in [9.17, 15) is 13.2 Å². The van der Waals surface area contributed by atoms with Crippen LogP contribution in [0.25, 0.3) is 12.2 Å². The summed E-state index contributed by atoms with van der Waals surface area (Å²) in [5.41, 5.74) is 7.51. The SMILES string of the molecule is CCCCCCCC/C=C\c1c(C)c(/C=C\CCCCCCCC)c2[n+](c1C)CCC2.O=C([O-])C(F)(F)F. The summed E-state index contributed by atoms with van der Waals surface area (Å²) in [5.74, 6) is -3.01. The second-order valence-electron chi connectivity index (χ2n) is 10.4. The van der Waals surface area contributed by atoms with Crippen molar-refractivity contribution in [1.29, 1.82) is 0 Å². The molecule has 0 radical (unpaired) electrons. The fourth-order valence-corrected chi connectivity index (χ4v) is 5.06. The molecule has 1 aliphatic heterocycles. The number of carbonyl (C=O) groups excluding carboxylic acids is 1. The van der Waals surface area contributed by atoms with Gasteiger partial charge in [0.2, 0.25) is 0 Å². The standard InChI is InChI=1S/C30H50N.C2HF3O2/c1-5-7-9-11-13-15-17-19-22-28-26(3)29(30-24-21-25-31(30)27(28)4)23-20-18-16-14-12-10-8-6-2;3-2(4,5)1(6)7/h19-20,22-23H,5-18,21,24-25H2,1-4H3;(H,6,7)/q+1;/p-1/b22-19-,23-20-;. The minimum Gasteiger partial charge on any atom is -0.542 e. The summed E-state index contributed by atoms with van der Waals surface area (Å²) in [4.78, 5) is 8.78. The fourth-order valence-electron chi connectivity index (χ4n) is 5.06. The molecule has 0 fully saturated rings. The molecule has 0 unspecified atom stereocenters. The van der Waals surface area contributed by atoms with Crippen LogP contribution in [0.3, 0.4) is 0 Å². The first-order valence-electron chi connectivity index (χ1n) is 14.8. The Bertz CT molecular complexity index is 888. The Morgan fingerprint density at radius 3 is 1.74 bits per heavy atom. The molecule has 0 spiro atoms. The zero-order valence-corrected chi connectivity index (χ0v) is 24.2. The molecule has 38 heavy (non-hydrogen) atoms. The van der Waals surface area contributed by atoms with Crippen LogP contribution in [-0.2, 0) is 17.8 Å². The van der Waals surface area contributed by atoms with Gasteiger partial charge in [0.15, 0.2) is 11.4 Å². The maximum atomic E-state index is 10.5. The molecule has 1 aromatic rings. The summed E-state index contributed by atoms with van der Waals surface area (Å²) in [6.07, 6.45) is 26.1. The van der Waals surface area contributed by atoms with Crippen molar-refractivity contribution in [2.24, 2.45) is 0 Å². The van der Waals surface area contributed by atoms with Crippen molar-refractivity contribution < 1.29 is 27.6 Å². The van der Waals surface area contributed by atoms with Gasteiger partial charge < -0.3 is 9.90 Å². The van der Waals surface area contributed by atoms with Gasteiger partial charge in [-0.3, -0.25) is 0 Å². The first-order valence-corrected chi connectivity index (χ1v) is 14.8. The Morgan fingerprint density at radius 2 is 1.26 bits per heavy atom. The lowest BCUT2D eigenvalue weighted by Crippen LogP contribution is -2.38. The van der Waals surface area contributed by atoms with Crippen LogP contribution >= 0.6 is 0 Å². The molecule has 0 aliphatic carbocycles. The van der Waals surface area contributed by atoms with Crippen molar-refractivity contribution in [2.45, 2.75) is 143 Å². The molecule has 0 aromatic carbocycles. The van der Waals surface area contributed by atoms with Crippen molar-refractivity contribution in [3.63, 3.8) is 0 Å². The van der Waals surface area contributed by atoms with E-state index in [0.29, 0.717) is 0 Å². The highest BCUT2D eigenvalue weighted by atomic mass is 19.4. The molecule has 0 N–H and O–H groups in total. The second-order valence-corrected chi connectivity index (χ2v) is 10.4. The summed E-state index contributed by atoms with van der Waals surface area (Å²) < 4.78 is 34.1. The van der Waals surface area contributed by atoms with E-state index in [-0.39, 0.29) is 0 Å². The number of nitrogens with zero attached hydrogens (tertiary/aromatic N) is 1. The minimum absolute atomic E-state index is 1.19. The monoisotopic (exact) mass is 537 g/mol. The van der Waals surface area contributed by atoms with E-state index in [4.69, 9.17) is 9.90 Å². The van der Waals surface area contributed by atoms with E-state index >= 15 is 0 Å². The highest BCUT2D eigenvalue weighted by Crippen LogP contribution is 2.26. The molecule has 3 nitrogen and oxygen atoms in total. The van der Waals surface area contributed by atoms with E-state index in [1.54, 1.807) is 5.69 Å². The second kappa shape index (κ2) is 19.0. The number of hydrogen-bond acceptors (Lipinski definition) is 2. The number of carboxylic acid groups (broad SMARTS) is 1. The summed E-state index contributed by atoms with van der Waals surface area (Å²) in [7, 11) is 0. The quantitative estimate of drug-likeness (QED) is 0.157. The van der Waals surface area contributed by atoms with Crippen LogP contribution in [0.15, 0.2) is 12.2 Å². The molecule has 2 heterocycles. The third kappa shape index (κ3) is 12.6. The highest BCUT2D eigenvalue weighted by Gasteiger charge is 2.29. The number of hydrogen-bond donors (Lipinski definition) is 0. The van der Waals surface area contributed by atoms with Gasteiger partial charge in [-0.25, -0.2) is 0 Å². The van der Waals surface area contributed by atoms with Gasteiger partial charge in [-0.1, -0.05) is 102 Å². The van der Waals surface area contributed by atoms with Gasteiger partial charge >= 0.3 is 6.18 Å². The molecule has 1 aromatic heterocycles. The van der Waals surface area contributed by atoms with E-state index in [1.165, 1.54) is 132 Å². The molecular formula is C32H50F3NO2. The lowest BCUT2D eigenvalue weighted by atomic mass is 9.97. The zero-order chi connectivity index (χ0) is 28.4. The summed E-state index contributed by atoms with van der Waals surface area (Å²) in [5, 5.41) is 8.78. The van der Waals surface area contributed by atoms with Crippen molar-refractivity contribution >= 4 is 18.1 Å². The topological polar surface area (TPSA) is 44.0 Å². The van der Waals surface area contributed by atoms with Crippen LogP contribution in [-0.4, -0.2) is 12.1 Å². The van der Waals surface area contributed by atoms with Gasteiger partial charge in [-0.15, -0.1) is 0 Å². The molecule has 216 valence electrons. The number of pyridine rings is 1. The highest BCUT2D eigenvalue weighted by molar-refractivity contribution is 5.70. The largest absolute Gasteiger partial charge is 0.542 e. The van der Waals surface area contributed by atoms with Crippen LogP contribution in [0.2, 0.25) is 0 Å². The molecule has 0 saturated heterocycles. The Balaban J connectivity index is 0.000000905. The number of halogens is 3. The third-order valence-corrected chi connectivity index (χ3v) is 7.28. The average molecular weight is 538 g/mol. The Morgan fingerprint density at radius 1 is 0.816 bits per heavy atom. The Kier molecular flexibility index (Phi) is 17.0. The van der Waals surface area contributed by atoms with Crippen LogP contribution in [0.5, 0.6) is 0 Å². The molecule has 2 rings (SSSR count). The summed E-state index contributed by atoms with van der Waals surface area (Å²) >= 11 is 0. The number of fused-ring (bicyclic) bond motifs is 1. The minimum atomic E-state index is -5.19. The van der Waals surface area contributed by atoms with Crippen LogP contribution in [0.4, 0.5) is 13.2 Å². The van der Waals surface area contributed by atoms with E-state index in [2.05, 4.69) is 56.6 Å². The smallest absolute Gasteiger partial charge is 0.430 e. The van der Waals surface area contributed by atoms with Crippen molar-refractivity contribution in [3.8, 4) is 0 Å². The summed E-state index contributed by atoms with van der Waals surface area (Å²) in [6, 6.07) is 0. The lowest BCUT2D eigenvalue weighted by Gasteiger charge is -2.11. The average Bonchev–Trinajstić information content (AvgIpc) is 3.36. The van der Waals surface area contributed by atoms with Crippen molar-refractivity contribution in [2.75, 3.05) is 0 Å². The molecule has 0 saturated carbocycles. The van der Waals surface area contributed by atoms with Crippen molar-refractivity contribution in [1.82, 2.24) is 0 Å². The molecule has 0 atom stereocenters. The number of allylic oxidation sites excluding steroid dienone is 2. The fraction of sp³-hybridized carbons (Fsp3) is 0.688. The van der Waals surface area contributed by atoms with Gasteiger partial charge in [-0.05, 0) is 38.2 Å². The van der Waals surface area contributed by atoms with E-state index in [1.807, 2.05) is 0 Å². The first kappa shape index (κ1) is 33.9. The van der Waals surface area contributed by atoms with E-state index in [0.717, 1.165) is 0 Å². The van der Waals surface area contributed by atoms with Gasteiger partial charge in [0, 0.05) is 30.9 Å². The normalized spacial score (nSPS) is 13.2. The van der Waals surface area contributed by atoms with Crippen molar-refractivity contribution in [3.05, 3.63) is 40.2 Å². The predicted molar refractivity (Wildman–Crippen MR) is 150 cm³/mol. The van der Waals surface area contributed by atoms with Crippen LogP contribution < -0.4 is 9.67 Å². The van der Waals surface area contributed by atoms with Gasteiger partial charge in [0.1, 0.15) is 12.5 Å². The number of carbonyl (C=O) groups is 1. The molecular weight excluding hydrogens is 487 g/mol. The molecule has 0 amide bonds. The Labute approximate surface area is 229 Å². The number of aliphatic carboxylic acids is 1. The van der Waals surface area contributed by atoms with Gasteiger partial charge in [0.25, 0.3) is 0 Å². The number of aromatic nitrogens is 1. The molecule has 1 aliphatic rings. The lowest BCUT2D eigenvalue weighted by molar-refractivity contribution is -0.696. The third-order valence-electron chi connectivity index (χ3n) is 7.28. The first-order chi connectivity index (χ1) is 18.1. The van der Waals surface area contributed by atoms with Gasteiger partial charge in [-0.2, -0.15) is 17.7 Å². The zero-order valence-electron chi connectivity index (χ0n) is 24.2. The molecule has 6 heteroatoms. The number of alkyl halides is 3. The maximum absolute atomic E-state index is 10.5. The summed E-state index contributed by atoms with van der Waals surface area (Å²) in [6.45, 7) is 10.5. The van der Waals surface area contributed by atoms with Crippen LogP contribution in [0, 0.1) is 13.8 Å². The number of unbranched alkanes of at least 4 members (excludes halogenated alkanes) is 12. The van der Waals surface area contributed by atoms with Gasteiger partial charge in [0.05, 0.1) is 0 Å². The predicted octanol–water partition coefficient (Wildman–Crippen LogP) is 8.36.